The predicted molar refractivity (Wildman–Crippen MR) is 75.5 cm³/mol. The molecule has 0 aliphatic heterocycles. The van der Waals surface area contributed by atoms with Crippen LogP contribution in [0.1, 0.15) is 11.4 Å². The van der Waals surface area contributed by atoms with Crippen LogP contribution >= 0.6 is 0 Å². The van der Waals surface area contributed by atoms with Crippen LogP contribution in [0.3, 0.4) is 0 Å². The van der Waals surface area contributed by atoms with Crippen LogP contribution in [0.25, 0.3) is 10.9 Å². The number of hydrogen-bond donors (Lipinski definition) is 3. The van der Waals surface area contributed by atoms with Crippen molar-refractivity contribution in [2.45, 2.75) is 13.1 Å². The molecule has 0 bridgehead atoms. The summed E-state index contributed by atoms with van der Waals surface area (Å²) in [5, 5.41) is 4.51. The maximum atomic E-state index is 5.53. The van der Waals surface area contributed by atoms with E-state index < -0.39 is 0 Å². The highest BCUT2D eigenvalue weighted by Crippen LogP contribution is 2.18. The highest BCUT2D eigenvalue weighted by Gasteiger charge is 2.03. The van der Waals surface area contributed by atoms with E-state index in [-0.39, 0.29) is 0 Å². The molecule has 5 heteroatoms. The van der Waals surface area contributed by atoms with Gasteiger partial charge in [-0.05, 0) is 17.7 Å². The van der Waals surface area contributed by atoms with Gasteiger partial charge >= 0.3 is 0 Å². The van der Waals surface area contributed by atoms with Gasteiger partial charge in [0.05, 0.1) is 6.54 Å². The Morgan fingerprint density at radius 3 is 3.00 bits per heavy atom. The number of hydrogen-bond acceptors (Lipinski definition) is 4. The number of aromatic nitrogens is 3. The first-order valence-corrected chi connectivity index (χ1v) is 6.17. The zero-order valence-corrected chi connectivity index (χ0v) is 10.4. The van der Waals surface area contributed by atoms with E-state index in [0.29, 0.717) is 18.9 Å². The SMILES string of the molecule is NCc1nccc(NCc2c[nH]c3ccccc23)n1. The molecule has 0 atom stereocenters. The van der Waals surface area contributed by atoms with Gasteiger partial charge in [0.2, 0.25) is 0 Å². The number of para-hydroxylation sites is 1. The van der Waals surface area contributed by atoms with Crippen LogP contribution in [0, 0.1) is 0 Å². The normalized spacial score (nSPS) is 10.8. The maximum absolute atomic E-state index is 5.53. The Morgan fingerprint density at radius 1 is 1.21 bits per heavy atom. The first-order chi connectivity index (χ1) is 9.36. The van der Waals surface area contributed by atoms with Crippen molar-refractivity contribution in [2.24, 2.45) is 5.73 Å². The summed E-state index contributed by atoms with van der Waals surface area (Å²) in [6, 6.07) is 10.1. The van der Waals surface area contributed by atoms with Gasteiger partial charge in [-0.15, -0.1) is 0 Å². The third-order valence-electron chi connectivity index (χ3n) is 3.02. The van der Waals surface area contributed by atoms with Gasteiger partial charge in [0.1, 0.15) is 11.6 Å². The number of aromatic amines is 1. The summed E-state index contributed by atoms with van der Waals surface area (Å²) in [5.41, 5.74) is 7.88. The quantitative estimate of drug-likeness (QED) is 0.664. The van der Waals surface area contributed by atoms with E-state index >= 15 is 0 Å². The molecule has 0 amide bonds. The number of nitrogens with zero attached hydrogens (tertiary/aromatic N) is 2. The molecule has 0 radical (unpaired) electrons. The summed E-state index contributed by atoms with van der Waals surface area (Å²) in [6.07, 6.45) is 3.73. The highest BCUT2D eigenvalue weighted by molar-refractivity contribution is 5.83. The Labute approximate surface area is 110 Å². The van der Waals surface area contributed by atoms with Gasteiger partial charge in [0.25, 0.3) is 0 Å². The molecule has 0 spiro atoms. The Kier molecular flexibility index (Phi) is 3.12. The second-order valence-corrected chi connectivity index (χ2v) is 4.28. The molecule has 5 nitrogen and oxygen atoms in total. The molecule has 3 rings (SSSR count). The van der Waals surface area contributed by atoms with Crippen molar-refractivity contribution in [3.05, 3.63) is 54.1 Å². The van der Waals surface area contributed by atoms with Gasteiger partial charge in [-0.25, -0.2) is 9.97 Å². The van der Waals surface area contributed by atoms with Crippen LogP contribution in [0.4, 0.5) is 5.82 Å². The van der Waals surface area contributed by atoms with Crippen molar-refractivity contribution in [3.8, 4) is 0 Å². The lowest BCUT2D eigenvalue weighted by atomic mass is 10.2. The molecule has 4 N–H and O–H groups in total. The molecule has 0 saturated heterocycles. The van der Waals surface area contributed by atoms with Crippen LogP contribution in [0.5, 0.6) is 0 Å². The Hall–Kier alpha value is -2.40. The standard InChI is InChI=1S/C14H15N5/c15-7-14-16-6-5-13(19-14)18-9-10-8-17-12-4-2-1-3-11(10)12/h1-6,8,17H,7,9,15H2,(H,16,18,19). The molecule has 0 saturated carbocycles. The van der Waals surface area contributed by atoms with Crippen molar-refractivity contribution >= 4 is 16.7 Å². The first-order valence-electron chi connectivity index (χ1n) is 6.17. The minimum atomic E-state index is 0.350. The zero-order valence-electron chi connectivity index (χ0n) is 10.4. The number of nitrogens with two attached hydrogens (primary N) is 1. The maximum Gasteiger partial charge on any atom is 0.144 e. The Bertz CT molecular complexity index is 689. The lowest BCUT2D eigenvalue weighted by Gasteiger charge is -2.05. The minimum Gasteiger partial charge on any atom is -0.366 e. The average molecular weight is 253 g/mol. The third-order valence-corrected chi connectivity index (χ3v) is 3.02. The largest absolute Gasteiger partial charge is 0.366 e. The molecule has 1 aromatic carbocycles. The topological polar surface area (TPSA) is 79.6 Å². The van der Waals surface area contributed by atoms with E-state index in [0.717, 1.165) is 11.3 Å². The van der Waals surface area contributed by atoms with Crippen LogP contribution in [0.2, 0.25) is 0 Å². The number of H-pyrrole nitrogens is 1. The van der Waals surface area contributed by atoms with E-state index in [2.05, 4.69) is 32.4 Å². The lowest BCUT2D eigenvalue weighted by molar-refractivity contribution is 0.905. The number of rotatable bonds is 4. The van der Waals surface area contributed by atoms with Crippen molar-refractivity contribution in [1.82, 2.24) is 15.0 Å². The van der Waals surface area contributed by atoms with E-state index in [1.165, 1.54) is 10.9 Å². The van der Waals surface area contributed by atoms with Crippen molar-refractivity contribution in [1.29, 1.82) is 0 Å². The molecule has 2 heterocycles. The Balaban J connectivity index is 1.78. The summed E-state index contributed by atoms with van der Waals surface area (Å²) in [7, 11) is 0. The van der Waals surface area contributed by atoms with Crippen molar-refractivity contribution in [3.63, 3.8) is 0 Å². The average Bonchev–Trinajstić information content (AvgIpc) is 2.89. The molecule has 3 aromatic rings. The summed E-state index contributed by atoms with van der Waals surface area (Å²) in [5.74, 6) is 1.43. The summed E-state index contributed by atoms with van der Waals surface area (Å²) in [6.45, 7) is 1.06. The first kappa shape index (κ1) is 11.7. The van der Waals surface area contributed by atoms with Crippen molar-refractivity contribution < 1.29 is 0 Å². The monoisotopic (exact) mass is 253 g/mol. The fourth-order valence-electron chi connectivity index (χ4n) is 2.06. The number of nitrogens with one attached hydrogen (secondary N) is 2. The van der Waals surface area contributed by atoms with Gasteiger partial charge < -0.3 is 16.0 Å². The summed E-state index contributed by atoms with van der Waals surface area (Å²) in [4.78, 5) is 11.6. The second-order valence-electron chi connectivity index (χ2n) is 4.28. The highest BCUT2D eigenvalue weighted by atomic mass is 15.0. The summed E-state index contributed by atoms with van der Waals surface area (Å²) >= 11 is 0. The van der Waals surface area contributed by atoms with Crippen LogP contribution in [-0.2, 0) is 13.1 Å². The van der Waals surface area contributed by atoms with Gasteiger partial charge in [-0.3, -0.25) is 0 Å². The smallest absolute Gasteiger partial charge is 0.144 e. The van der Waals surface area contributed by atoms with E-state index in [1.54, 1.807) is 6.20 Å². The molecule has 2 aromatic heterocycles. The van der Waals surface area contributed by atoms with Gasteiger partial charge in [-0.1, -0.05) is 18.2 Å². The fraction of sp³-hybridized carbons (Fsp3) is 0.143. The molecule has 0 fully saturated rings. The number of benzene rings is 1. The molecular weight excluding hydrogens is 238 g/mol. The molecule has 19 heavy (non-hydrogen) atoms. The number of anilines is 1. The predicted octanol–water partition coefficient (Wildman–Crippen LogP) is 2.03. The van der Waals surface area contributed by atoms with Gasteiger partial charge in [-0.2, -0.15) is 0 Å². The van der Waals surface area contributed by atoms with Crippen molar-refractivity contribution in [2.75, 3.05) is 5.32 Å². The van der Waals surface area contributed by atoms with E-state index in [4.69, 9.17) is 5.73 Å². The second kappa shape index (κ2) is 5.07. The fourth-order valence-corrected chi connectivity index (χ4v) is 2.06. The van der Waals surface area contributed by atoms with Gasteiger partial charge in [0.15, 0.2) is 0 Å². The Morgan fingerprint density at radius 2 is 2.11 bits per heavy atom. The molecule has 0 aliphatic carbocycles. The van der Waals surface area contributed by atoms with E-state index in [1.807, 2.05) is 24.4 Å². The van der Waals surface area contributed by atoms with E-state index in [9.17, 15) is 0 Å². The molecular formula is C14H15N5. The lowest BCUT2D eigenvalue weighted by Crippen LogP contribution is -2.06. The zero-order chi connectivity index (χ0) is 13.1. The van der Waals surface area contributed by atoms with Gasteiger partial charge in [0, 0.05) is 29.8 Å². The number of fused-ring (bicyclic) bond motifs is 1. The minimum absolute atomic E-state index is 0.350. The van der Waals surface area contributed by atoms with Crippen LogP contribution in [-0.4, -0.2) is 15.0 Å². The molecule has 0 aliphatic rings. The van der Waals surface area contributed by atoms with Crippen LogP contribution < -0.4 is 11.1 Å². The molecule has 96 valence electrons. The summed E-state index contributed by atoms with van der Waals surface area (Å²) < 4.78 is 0. The van der Waals surface area contributed by atoms with Crippen LogP contribution in [0.15, 0.2) is 42.7 Å². The molecule has 0 unspecified atom stereocenters. The third kappa shape index (κ3) is 2.41.